The number of Topliss-reactive ketones (excluding diaryl/α,β-unsaturated/α-hetero) is 1. The van der Waals surface area contributed by atoms with E-state index in [4.69, 9.17) is 11.6 Å². The minimum absolute atomic E-state index is 0.129. The molecule has 0 amide bonds. The second-order valence-electron chi connectivity index (χ2n) is 4.35. The number of halogens is 1. The molecule has 1 atom stereocenters. The van der Waals surface area contributed by atoms with Crippen LogP contribution in [0.15, 0.2) is 18.5 Å². The molecule has 2 nitrogen and oxygen atoms in total. The van der Waals surface area contributed by atoms with Crippen molar-refractivity contribution in [2.75, 3.05) is 0 Å². The van der Waals surface area contributed by atoms with Gasteiger partial charge in [0.15, 0.2) is 5.78 Å². The Bertz CT molecular complexity index is 378. The lowest BCUT2D eigenvalue weighted by molar-refractivity contribution is 0.0794. The highest BCUT2D eigenvalue weighted by molar-refractivity contribution is 6.34. The monoisotopic (exact) mass is 239 g/mol. The zero-order valence-corrected chi connectivity index (χ0v) is 10.8. The normalized spacial score (nSPS) is 14.5. The SMILES string of the molecule is CCCC(C)(CC)C(=O)c1ccncc1Cl. The average Bonchev–Trinajstić information content (AvgIpc) is 2.29. The first-order valence-corrected chi connectivity index (χ1v) is 6.07. The third-order valence-corrected chi connectivity index (χ3v) is 3.45. The van der Waals surface area contributed by atoms with E-state index in [2.05, 4.69) is 11.9 Å². The van der Waals surface area contributed by atoms with Gasteiger partial charge in [-0.05, 0) is 18.9 Å². The summed E-state index contributed by atoms with van der Waals surface area (Å²) in [7, 11) is 0. The van der Waals surface area contributed by atoms with Crippen LogP contribution in [-0.4, -0.2) is 10.8 Å². The Labute approximate surface area is 102 Å². The molecule has 1 heterocycles. The number of aromatic nitrogens is 1. The van der Waals surface area contributed by atoms with Gasteiger partial charge in [-0.25, -0.2) is 0 Å². The van der Waals surface area contributed by atoms with Gasteiger partial charge < -0.3 is 0 Å². The van der Waals surface area contributed by atoms with Crippen LogP contribution in [0, 0.1) is 5.41 Å². The van der Waals surface area contributed by atoms with Gasteiger partial charge in [0.25, 0.3) is 0 Å². The van der Waals surface area contributed by atoms with Gasteiger partial charge in [-0.2, -0.15) is 0 Å². The van der Waals surface area contributed by atoms with E-state index in [1.807, 2.05) is 13.8 Å². The summed E-state index contributed by atoms with van der Waals surface area (Å²) in [6, 6.07) is 1.70. The number of hydrogen-bond acceptors (Lipinski definition) is 2. The lowest BCUT2D eigenvalue weighted by Crippen LogP contribution is -2.27. The second kappa shape index (κ2) is 5.44. The Balaban J connectivity index is 3.05. The van der Waals surface area contributed by atoms with E-state index in [1.54, 1.807) is 12.3 Å². The summed E-state index contributed by atoms with van der Waals surface area (Å²) in [6.07, 6.45) is 5.86. The van der Waals surface area contributed by atoms with Gasteiger partial charge in [0.05, 0.1) is 5.02 Å². The number of ketones is 1. The molecule has 0 radical (unpaired) electrons. The van der Waals surface area contributed by atoms with E-state index >= 15 is 0 Å². The fourth-order valence-corrected chi connectivity index (χ4v) is 2.09. The van der Waals surface area contributed by atoms with Crippen LogP contribution in [-0.2, 0) is 0 Å². The molecule has 1 aromatic rings. The molecule has 0 saturated carbocycles. The molecule has 0 bridgehead atoms. The molecule has 0 aliphatic heterocycles. The van der Waals surface area contributed by atoms with Crippen LogP contribution in [0.2, 0.25) is 5.02 Å². The van der Waals surface area contributed by atoms with Crippen molar-refractivity contribution in [3.8, 4) is 0 Å². The molecule has 0 aliphatic carbocycles. The smallest absolute Gasteiger partial charge is 0.170 e. The van der Waals surface area contributed by atoms with Crippen molar-refractivity contribution in [2.45, 2.75) is 40.0 Å². The number of pyridine rings is 1. The van der Waals surface area contributed by atoms with Crippen molar-refractivity contribution in [3.63, 3.8) is 0 Å². The lowest BCUT2D eigenvalue weighted by Gasteiger charge is -2.26. The summed E-state index contributed by atoms with van der Waals surface area (Å²) >= 11 is 6.00. The fourth-order valence-electron chi connectivity index (χ4n) is 1.89. The first-order valence-electron chi connectivity index (χ1n) is 5.69. The molecule has 88 valence electrons. The zero-order chi connectivity index (χ0) is 12.2. The first kappa shape index (κ1) is 13.2. The lowest BCUT2D eigenvalue weighted by atomic mass is 9.76. The van der Waals surface area contributed by atoms with Gasteiger partial charge >= 0.3 is 0 Å². The Morgan fingerprint density at radius 3 is 2.69 bits per heavy atom. The highest BCUT2D eigenvalue weighted by Crippen LogP contribution is 2.33. The van der Waals surface area contributed by atoms with Crippen LogP contribution >= 0.6 is 11.6 Å². The summed E-state index contributed by atoms with van der Waals surface area (Å²) in [6.45, 7) is 6.15. The van der Waals surface area contributed by atoms with Gasteiger partial charge in [0, 0.05) is 23.4 Å². The van der Waals surface area contributed by atoms with Crippen LogP contribution in [0.5, 0.6) is 0 Å². The molecule has 0 saturated heterocycles. The summed E-state index contributed by atoms with van der Waals surface area (Å²) in [4.78, 5) is 16.3. The van der Waals surface area contributed by atoms with Crippen molar-refractivity contribution in [3.05, 3.63) is 29.0 Å². The molecular weight excluding hydrogens is 222 g/mol. The van der Waals surface area contributed by atoms with Gasteiger partial charge in [0.1, 0.15) is 0 Å². The van der Waals surface area contributed by atoms with Crippen LogP contribution < -0.4 is 0 Å². The third-order valence-electron chi connectivity index (χ3n) is 3.15. The predicted molar refractivity (Wildman–Crippen MR) is 66.9 cm³/mol. The van der Waals surface area contributed by atoms with Gasteiger partial charge in [-0.1, -0.05) is 38.8 Å². The Hall–Kier alpha value is -0.890. The second-order valence-corrected chi connectivity index (χ2v) is 4.76. The van der Waals surface area contributed by atoms with Crippen LogP contribution in [0.25, 0.3) is 0 Å². The minimum atomic E-state index is -0.306. The van der Waals surface area contributed by atoms with Gasteiger partial charge in [-0.3, -0.25) is 9.78 Å². The first-order chi connectivity index (χ1) is 7.55. The quantitative estimate of drug-likeness (QED) is 0.723. The van der Waals surface area contributed by atoms with E-state index in [-0.39, 0.29) is 11.2 Å². The number of carbonyl (C=O) groups excluding carboxylic acids is 1. The highest BCUT2D eigenvalue weighted by atomic mass is 35.5. The van der Waals surface area contributed by atoms with E-state index in [9.17, 15) is 4.79 Å². The molecule has 16 heavy (non-hydrogen) atoms. The van der Waals surface area contributed by atoms with Crippen LogP contribution in [0.3, 0.4) is 0 Å². The molecular formula is C13H18ClNO. The molecule has 0 fully saturated rings. The van der Waals surface area contributed by atoms with Crippen molar-refractivity contribution in [1.82, 2.24) is 4.98 Å². The van der Waals surface area contributed by atoms with Crippen molar-refractivity contribution < 1.29 is 4.79 Å². The number of nitrogens with zero attached hydrogens (tertiary/aromatic N) is 1. The Kier molecular flexibility index (Phi) is 4.48. The maximum atomic E-state index is 12.4. The summed E-state index contributed by atoms with van der Waals surface area (Å²) in [5, 5.41) is 0.447. The average molecular weight is 240 g/mol. The van der Waals surface area contributed by atoms with E-state index in [0.717, 1.165) is 19.3 Å². The van der Waals surface area contributed by atoms with Gasteiger partial charge in [0.2, 0.25) is 0 Å². The van der Waals surface area contributed by atoms with Crippen molar-refractivity contribution in [1.29, 1.82) is 0 Å². The molecule has 0 aliphatic rings. The van der Waals surface area contributed by atoms with Gasteiger partial charge in [-0.15, -0.1) is 0 Å². The Morgan fingerprint density at radius 2 is 2.19 bits per heavy atom. The molecule has 0 aromatic carbocycles. The Morgan fingerprint density at radius 1 is 1.50 bits per heavy atom. The fraction of sp³-hybridized carbons (Fsp3) is 0.538. The molecule has 0 N–H and O–H groups in total. The largest absolute Gasteiger partial charge is 0.294 e. The molecule has 1 aromatic heterocycles. The number of hydrogen-bond donors (Lipinski definition) is 0. The van der Waals surface area contributed by atoms with Crippen LogP contribution in [0.1, 0.15) is 50.4 Å². The maximum absolute atomic E-state index is 12.4. The van der Waals surface area contributed by atoms with E-state index < -0.39 is 0 Å². The molecule has 1 unspecified atom stereocenters. The highest BCUT2D eigenvalue weighted by Gasteiger charge is 2.32. The summed E-state index contributed by atoms with van der Waals surface area (Å²) in [5.41, 5.74) is 0.286. The maximum Gasteiger partial charge on any atom is 0.170 e. The summed E-state index contributed by atoms with van der Waals surface area (Å²) in [5.74, 6) is 0.129. The van der Waals surface area contributed by atoms with Crippen LogP contribution in [0.4, 0.5) is 0 Å². The molecule has 1 rings (SSSR count). The van der Waals surface area contributed by atoms with E-state index in [1.165, 1.54) is 6.20 Å². The number of rotatable bonds is 5. The topological polar surface area (TPSA) is 30.0 Å². The molecule has 3 heteroatoms. The molecule has 0 spiro atoms. The standard InChI is InChI=1S/C13H18ClNO/c1-4-7-13(3,5-2)12(16)10-6-8-15-9-11(10)14/h6,8-9H,4-5,7H2,1-3H3. The third kappa shape index (κ3) is 2.62. The van der Waals surface area contributed by atoms with Crippen molar-refractivity contribution in [2.24, 2.45) is 5.41 Å². The number of carbonyl (C=O) groups is 1. The zero-order valence-electron chi connectivity index (χ0n) is 10.1. The van der Waals surface area contributed by atoms with E-state index in [0.29, 0.717) is 10.6 Å². The summed E-state index contributed by atoms with van der Waals surface area (Å²) < 4.78 is 0. The minimum Gasteiger partial charge on any atom is -0.294 e. The van der Waals surface area contributed by atoms with Crippen molar-refractivity contribution >= 4 is 17.4 Å². The predicted octanol–water partition coefficient (Wildman–Crippen LogP) is 4.13.